The fraction of sp³-hybridized carbons (Fsp3) is 0.333. The fourth-order valence-electron chi connectivity index (χ4n) is 0.316. The molecule has 0 aromatic heterocycles. The van der Waals surface area contributed by atoms with Gasteiger partial charge in [-0.1, -0.05) is 43.9 Å². The molecule has 0 heterocycles. The molecule has 0 bridgehead atoms. The molecule has 0 aliphatic rings. The van der Waals surface area contributed by atoms with Gasteiger partial charge in [0, 0.05) is 0 Å². The molecule has 0 heteroatoms. The number of hydrogen-bond donors (Lipinski definition) is 0. The van der Waals surface area contributed by atoms with Crippen LogP contribution in [0, 0.1) is 0 Å². The van der Waals surface area contributed by atoms with Gasteiger partial charge in [0.2, 0.25) is 0 Å². The molecule has 0 saturated carbocycles. The lowest BCUT2D eigenvalue weighted by atomic mass is 10.3. The number of rotatable bonds is 2. The van der Waals surface area contributed by atoms with Crippen molar-refractivity contribution >= 4 is 0 Å². The van der Waals surface area contributed by atoms with E-state index < -0.39 is 0 Å². The summed E-state index contributed by atoms with van der Waals surface area (Å²) in [4.78, 5) is 0. The summed E-state index contributed by atoms with van der Waals surface area (Å²) in [7, 11) is 0. The zero-order chi connectivity index (χ0) is 6.41. The first-order chi connectivity index (χ1) is 3.81. The number of allylic oxidation sites excluding steroid dienone is 5. The molecular formula is C9H16. The van der Waals surface area contributed by atoms with E-state index in [1.54, 1.807) is 6.08 Å². The van der Waals surface area contributed by atoms with Crippen molar-refractivity contribution in [3.05, 3.63) is 36.5 Å². The predicted octanol–water partition coefficient (Wildman–Crippen LogP) is 3.33. The van der Waals surface area contributed by atoms with Gasteiger partial charge in [0.15, 0.2) is 0 Å². The molecule has 0 nitrogen and oxygen atoms in total. The lowest BCUT2D eigenvalue weighted by Crippen LogP contribution is -1.60. The van der Waals surface area contributed by atoms with Gasteiger partial charge < -0.3 is 0 Å². The normalized spacial score (nSPS) is 11.1. The van der Waals surface area contributed by atoms with E-state index in [0.29, 0.717) is 0 Å². The van der Waals surface area contributed by atoms with Crippen LogP contribution in [-0.4, -0.2) is 0 Å². The van der Waals surface area contributed by atoms with Crippen LogP contribution in [0.4, 0.5) is 0 Å². The third-order valence-corrected chi connectivity index (χ3v) is 0.951. The highest BCUT2D eigenvalue weighted by Crippen LogP contribution is 1.92. The first kappa shape index (κ1) is 11.1. The first-order valence-corrected chi connectivity index (χ1v) is 2.73. The lowest BCUT2D eigenvalue weighted by molar-refractivity contribution is 1.48. The Morgan fingerprint density at radius 2 is 2.00 bits per heavy atom. The van der Waals surface area contributed by atoms with Gasteiger partial charge in [-0.25, -0.2) is 0 Å². The van der Waals surface area contributed by atoms with Crippen LogP contribution >= 0.6 is 0 Å². The van der Waals surface area contributed by atoms with Crippen molar-refractivity contribution in [2.75, 3.05) is 0 Å². The van der Waals surface area contributed by atoms with Gasteiger partial charge in [0.05, 0.1) is 0 Å². The zero-order valence-electron chi connectivity index (χ0n) is 5.52. The molecular weight excluding hydrogens is 108 g/mol. The Morgan fingerprint density at radius 3 is 2.33 bits per heavy atom. The molecule has 0 saturated heterocycles. The summed E-state index contributed by atoms with van der Waals surface area (Å²) < 4.78 is 0. The molecule has 0 N–H and O–H groups in total. The first-order valence-electron chi connectivity index (χ1n) is 2.73. The molecule has 0 radical (unpaired) electrons. The van der Waals surface area contributed by atoms with E-state index in [2.05, 4.69) is 19.6 Å². The molecule has 52 valence electrons. The van der Waals surface area contributed by atoms with Crippen LogP contribution in [0.1, 0.15) is 21.3 Å². The average molecular weight is 124 g/mol. The summed E-state index contributed by atoms with van der Waals surface area (Å²) in [6.45, 7) is 7.63. The van der Waals surface area contributed by atoms with Crippen LogP contribution in [0.15, 0.2) is 36.5 Å². The molecule has 0 aliphatic carbocycles. The Bertz CT molecular complexity index is 116. The average Bonchev–Trinajstić information content (AvgIpc) is 1.83. The van der Waals surface area contributed by atoms with Gasteiger partial charge in [-0.2, -0.15) is 0 Å². The lowest BCUT2D eigenvalue weighted by Gasteiger charge is -1.82. The highest BCUT2D eigenvalue weighted by atomic mass is 13.8. The second kappa shape index (κ2) is 7.22. The third-order valence-electron chi connectivity index (χ3n) is 0.951. The van der Waals surface area contributed by atoms with Crippen LogP contribution in [0.2, 0.25) is 0 Å². The Morgan fingerprint density at radius 1 is 1.44 bits per heavy atom. The van der Waals surface area contributed by atoms with Gasteiger partial charge in [0.25, 0.3) is 0 Å². The van der Waals surface area contributed by atoms with Crippen LogP contribution < -0.4 is 0 Å². The Labute approximate surface area is 58.6 Å². The fourth-order valence-corrected chi connectivity index (χ4v) is 0.316. The molecule has 0 unspecified atom stereocenters. The molecule has 0 aromatic carbocycles. The summed E-state index contributed by atoms with van der Waals surface area (Å²) in [6, 6.07) is 0. The van der Waals surface area contributed by atoms with E-state index in [9.17, 15) is 0 Å². The SMILES string of the molecule is C.C=C/C=C\C(C)=C/C. The van der Waals surface area contributed by atoms with Crippen LogP contribution in [0.5, 0.6) is 0 Å². The van der Waals surface area contributed by atoms with E-state index in [-0.39, 0.29) is 7.43 Å². The summed E-state index contributed by atoms with van der Waals surface area (Å²) in [5.74, 6) is 0. The van der Waals surface area contributed by atoms with Crippen LogP contribution in [0.3, 0.4) is 0 Å². The smallest absolute Gasteiger partial charge is 0.0401 e. The second-order valence-corrected chi connectivity index (χ2v) is 1.63. The third kappa shape index (κ3) is 7.22. The maximum atomic E-state index is 3.55. The van der Waals surface area contributed by atoms with Gasteiger partial charge in [0.1, 0.15) is 0 Å². The molecule has 0 aromatic rings. The Hall–Kier alpha value is -0.780. The maximum Gasteiger partial charge on any atom is -0.0401 e. The summed E-state index contributed by atoms with van der Waals surface area (Å²) >= 11 is 0. The Balaban J connectivity index is 0. The monoisotopic (exact) mass is 124 g/mol. The molecule has 0 aliphatic heterocycles. The zero-order valence-corrected chi connectivity index (χ0v) is 5.52. The van der Waals surface area contributed by atoms with Gasteiger partial charge in [-0.3, -0.25) is 0 Å². The van der Waals surface area contributed by atoms with Crippen molar-refractivity contribution in [3.8, 4) is 0 Å². The van der Waals surface area contributed by atoms with Crippen molar-refractivity contribution in [2.45, 2.75) is 21.3 Å². The quantitative estimate of drug-likeness (QED) is 0.495. The van der Waals surface area contributed by atoms with Crippen molar-refractivity contribution in [3.63, 3.8) is 0 Å². The van der Waals surface area contributed by atoms with E-state index >= 15 is 0 Å². The number of hydrogen-bond acceptors (Lipinski definition) is 0. The molecule has 0 atom stereocenters. The minimum absolute atomic E-state index is 0. The predicted molar refractivity (Wildman–Crippen MR) is 45.5 cm³/mol. The van der Waals surface area contributed by atoms with Gasteiger partial charge in [-0.15, -0.1) is 0 Å². The minimum atomic E-state index is 0. The minimum Gasteiger partial charge on any atom is -0.0991 e. The standard InChI is InChI=1S/C8H12.CH4/c1-4-6-7-8(3)5-2;/h4-7H,1H2,2-3H3;1H4/b7-6-,8-5-;. The molecule has 0 amide bonds. The van der Waals surface area contributed by atoms with Crippen molar-refractivity contribution < 1.29 is 0 Å². The van der Waals surface area contributed by atoms with E-state index in [1.165, 1.54) is 5.57 Å². The second-order valence-electron chi connectivity index (χ2n) is 1.63. The molecule has 9 heavy (non-hydrogen) atoms. The topological polar surface area (TPSA) is 0 Å². The van der Waals surface area contributed by atoms with Crippen molar-refractivity contribution in [1.29, 1.82) is 0 Å². The van der Waals surface area contributed by atoms with Gasteiger partial charge >= 0.3 is 0 Å². The molecule has 0 spiro atoms. The van der Waals surface area contributed by atoms with Crippen LogP contribution in [0.25, 0.3) is 0 Å². The Kier molecular flexibility index (Phi) is 8.89. The highest BCUT2D eigenvalue weighted by Gasteiger charge is 1.70. The summed E-state index contributed by atoms with van der Waals surface area (Å²) in [5.41, 5.74) is 1.27. The van der Waals surface area contributed by atoms with Crippen molar-refractivity contribution in [2.24, 2.45) is 0 Å². The van der Waals surface area contributed by atoms with Crippen LogP contribution in [-0.2, 0) is 0 Å². The maximum absolute atomic E-state index is 3.55. The van der Waals surface area contributed by atoms with Crippen molar-refractivity contribution in [1.82, 2.24) is 0 Å². The summed E-state index contributed by atoms with van der Waals surface area (Å²) in [6.07, 6.45) is 7.77. The van der Waals surface area contributed by atoms with Gasteiger partial charge in [-0.05, 0) is 13.8 Å². The summed E-state index contributed by atoms with van der Waals surface area (Å²) in [5, 5.41) is 0. The van der Waals surface area contributed by atoms with E-state index in [4.69, 9.17) is 0 Å². The van der Waals surface area contributed by atoms with E-state index in [0.717, 1.165) is 0 Å². The van der Waals surface area contributed by atoms with E-state index in [1.807, 2.05) is 19.1 Å². The molecule has 0 fully saturated rings. The highest BCUT2D eigenvalue weighted by molar-refractivity contribution is 5.18. The largest absolute Gasteiger partial charge is 0.0991 e. The molecule has 0 rings (SSSR count).